The van der Waals surface area contributed by atoms with Crippen LogP contribution >= 0.6 is 27.3 Å². The third-order valence-corrected chi connectivity index (χ3v) is 5.29. The van der Waals surface area contributed by atoms with E-state index in [4.69, 9.17) is 0 Å². The number of halogens is 1. The van der Waals surface area contributed by atoms with Crippen LogP contribution in [0.4, 0.5) is 0 Å². The molecule has 3 heteroatoms. The molecular formula is C15H15BrOS. The van der Waals surface area contributed by atoms with Crippen LogP contribution in [0.25, 0.3) is 0 Å². The van der Waals surface area contributed by atoms with Crippen LogP contribution in [0.1, 0.15) is 31.9 Å². The summed E-state index contributed by atoms with van der Waals surface area (Å²) in [7, 11) is 0. The highest BCUT2D eigenvalue weighted by Gasteiger charge is 2.14. The van der Waals surface area contributed by atoms with E-state index in [1.54, 1.807) is 0 Å². The molecule has 94 valence electrons. The van der Waals surface area contributed by atoms with Gasteiger partial charge in [-0.05, 0) is 65.0 Å². The predicted octanol–water partition coefficient (Wildman–Crippen LogP) is 4.86. The molecule has 2 aromatic rings. The fourth-order valence-electron chi connectivity index (χ4n) is 1.97. The first-order valence-electron chi connectivity index (χ1n) is 5.83. The van der Waals surface area contributed by atoms with Gasteiger partial charge < -0.3 is 0 Å². The summed E-state index contributed by atoms with van der Waals surface area (Å²) in [5.74, 6) is 0.200. The first-order chi connectivity index (χ1) is 8.49. The van der Waals surface area contributed by atoms with Gasteiger partial charge in [0, 0.05) is 6.42 Å². The summed E-state index contributed by atoms with van der Waals surface area (Å²) in [6.45, 7) is 6.13. The van der Waals surface area contributed by atoms with Crippen molar-refractivity contribution in [1.29, 1.82) is 0 Å². The molecule has 0 N–H and O–H groups in total. The smallest absolute Gasteiger partial charge is 0.177 e. The Morgan fingerprint density at radius 2 is 1.78 bits per heavy atom. The van der Waals surface area contributed by atoms with Gasteiger partial charge in [-0.25, -0.2) is 0 Å². The first-order valence-corrected chi connectivity index (χ1v) is 7.44. The van der Waals surface area contributed by atoms with Crippen LogP contribution in [0.15, 0.2) is 28.1 Å². The van der Waals surface area contributed by atoms with Gasteiger partial charge in [-0.1, -0.05) is 18.2 Å². The third-order valence-electron chi connectivity index (χ3n) is 3.11. The fraction of sp³-hybridized carbons (Fsp3) is 0.267. The highest BCUT2D eigenvalue weighted by molar-refractivity contribution is 9.11. The number of thiophene rings is 1. The number of hydrogen-bond acceptors (Lipinski definition) is 2. The van der Waals surface area contributed by atoms with Crippen molar-refractivity contribution in [2.75, 3.05) is 0 Å². The summed E-state index contributed by atoms with van der Waals surface area (Å²) < 4.78 is 1.05. The Balaban J connectivity index is 2.27. The maximum Gasteiger partial charge on any atom is 0.177 e. The minimum Gasteiger partial charge on any atom is -0.293 e. The SMILES string of the molecule is Cc1cc(C(=O)Cc2c(C)cccc2C)sc1Br. The number of ketones is 1. The number of Topliss-reactive ketones (excluding diaryl/α,β-unsaturated/α-hetero) is 1. The number of aryl methyl sites for hydroxylation is 3. The maximum atomic E-state index is 12.3. The molecule has 0 aliphatic heterocycles. The van der Waals surface area contributed by atoms with Gasteiger partial charge in [-0.3, -0.25) is 4.79 Å². The summed E-state index contributed by atoms with van der Waals surface area (Å²) in [5.41, 5.74) is 4.67. The van der Waals surface area contributed by atoms with Gasteiger partial charge in [0.25, 0.3) is 0 Å². The van der Waals surface area contributed by atoms with Gasteiger partial charge in [0.2, 0.25) is 0 Å². The summed E-state index contributed by atoms with van der Waals surface area (Å²) in [6, 6.07) is 8.12. The Hall–Kier alpha value is -0.930. The van der Waals surface area contributed by atoms with E-state index in [1.807, 2.05) is 19.1 Å². The second kappa shape index (κ2) is 5.37. The quantitative estimate of drug-likeness (QED) is 0.737. The Bertz CT molecular complexity index is 559. The number of rotatable bonds is 3. The second-order valence-corrected chi connectivity index (χ2v) is 6.91. The largest absolute Gasteiger partial charge is 0.293 e. The molecule has 0 aliphatic rings. The van der Waals surface area contributed by atoms with Crippen LogP contribution in [0.5, 0.6) is 0 Å². The molecule has 0 aliphatic carbocycles. The average Bonchev–Trinajstić information content (AvgIpc) is 2.64. The van der Waals surface area contributed by atoms with Crippen molar-refractivity contribution in [2.45, 2.75) is 27.2 Å². The molecule has 0 saturated heterocycles. The van der Waals surface area contributed by atoms with E-state index >= 15 is 0 Å². The highest BCUT2D eigenvalue weighted by Crippen LogP contribution is 2.28. The van der Waals surface area contributed by atoms with Gasteiger partial charge >= 0.3 is 0 Å². The molecule has 1 aromatic carbocycles. The normalized spacial score (nSPS) is 10.7. The molecule has 0 bridgehead atoms. The molecule has 18 heavy (non-hydrogen) atoms. The van der Waals surface area contributed by atoms with Crippen LogP contribution in [0, 0.1) is 20.8 Å². The zero-order valence-electron chi connectivity index (χ0n) is 10.7. The Morgan fingerprint density at radius 3 is 2.28 bits per heavy atom. The molecule has 0 atom stereocenters. The Kier molecular flexibility index (Phi) is 4.03. The zero-order valence-corrected chi connectivity index (χ0v) is 13.1. The van der Waals surface area contributed by atoms with E-state index in [2.05, 4.69) is 41.9 Å². The molecule has 0 unspecified atom stereocenters. The molecule has 0 spiro atoms. The van der Waals surface area contributed by atoms with Crippen molar-refractivity contribution in [1.82, 2.24) is 0 Å². The maximum absolute atomic E-state index is 12.3. The van der Waals surface area contributed by atoms with Gasteiger partial charge in [0.05, 0.1) is 8.66 Å². The topological polar surface area (TPSA) is 17.1 Å². The molecule has 2 rings (SSSR count). The van der Waals surface area contributed by atoms with Gasteiger partial charge in [-0.15, -0.1) is 11.3 Å². The van der Waals surface area contributed by atoms with E-state index in [0.29, 0.717) is 6.42 Å². The van der Waals surface area contributed by atoms with Gasteiger partial charge in [-0.2, -0.15) is 0 Å². The van der Waals surface area contributed by atoms with Crippen molar-refractivity contribution < 1.29 is 4.79 Å². The monoisotopic (exact) mass is 322 g/mol. The third kappa shape index (κ3) is 2.73. The summed E-state index contributed by atoms with van der Waals surface area (Å²) in [4.78, 5) is 13.1. The van der Waals surface area contributed by atoms with E-state index in [-0.39, 0.29) is 5.78 Å². The molecule has 0 saturated carbocycles. The van der Waals surface area contributed by atoms with Crippen molar-refractivity contribution in [3.8, 4) is 0 Å². The summed E-state index contributed by atoms with van der Waals surface area (Å²) in [6.07, 6.45) is 0.491. The standard InChI is InChI=1S/C15H15BrOS/c1-9-5-4-6-10(2)12(9)8-13(17)14-7-11(3)15(16)18-14/h4-7H,8H2,1-3H3. The van der Waals surface area contributed by atoms with E-state index in [9.17, 15) is 4.79 Å². The number of carbonyl (C=O) groups is 1. The Labute approximate surface area is 120 Å². The minimum atomic E-state index is 0.200. The Morgan fingerprint density at radius 1 is 1.17 bits per heavy atom. The van der Waals surface area contributed by atoms with Crippen molar-refractivity contribution in [3.05, 3.63) is 55.2 Å². The first kappa shape index (κ1) is 13.5. The highest BCUT2D eigenvalue weighted by atomic mass is 79.9. The van der Waals surface area contributed by atoms with Crippen LogP contribution in [0.3, 0.4) is 0 Å². The lowest BCUT2D eigenvalue weighted by molar-refractivity contribution is 0.0996. The van der Waals surface area contributed by atoms with Gasteiger partial charge in [0.1, 0.15) is 0 Å². The molecule has 1 nitrogen and oxygen atoms in total. The number of hydrogen-bond donors (Lipinski definition) is 0. The lowest BCUT2D eigenvalue weighted by Crippen LogP contribution is -2.04. The van der Waals surface area contributed by atoms with Crippen LogP contribution in [-0.4, -0.2) is 5.78 Å². The second-order valence-electron chi connectivity index (χ2n) is 4.54. The van der Waals surface area contributed by atoms with E-state index < -0.39 is 0 Å². The molecule has 0 amide bonds. The number of benzene rings is 1. The lowest BCUT2D eigenvalue weighted by atomic mass is 9.98. The van der Waals surface area contributed by atoms with Crippen LogP contribution < -0.4 is 0 Å². The van der Waals surface area contributed by atoms with E-state index in [0.717, 1.165) is 19.8 Å². The van der Waals surface area contributed by atoms with E-state index in [1.165, 1.54) is 22.5 Å². The van der Waals surface area contributed by atoms with Crippen LogP contribution in [0.2, 0.25) is 0 Å². The fourth-order valence-corrected chi connectivity index (χ4v) is 3.45. The molecular weight excluding hydrogens is 308 g/mol. The van der Waals surface area contributed by atoms with Crippen molar-refractivity contribution >= 4 is 33.0 Å². The predicted molar refractivity (Wildman–Crippen MR) is 80.7 cm³/mol. The molecule has 0 radical (unpaired) electrons. The molecule has 1 heterocycles. The number of carbonyl (C=O) groups excluding carboxylic acids is 1. The van der Waals surface area contributed by atoms with Gasteiger partial charge in [0.15, 0.2) is 5.78 Å². The molecule has 0 fully saturated rings. The average molecular weight is 323 g/mol. The lowest BCUT2D eigenvalue weighted by Gasteiger charge is -2.07. The van der Waals surface area contributed by atoms with Crippen LogP contribution in [-0.2, 0) is 6.42 Å². The minimum absolute atomic E-state index is 0.200. The summed E-state index contributed by atoms with van der Waals surface area (Å²) >= 11 is 4.99. The van der Waals surface area contributed by atoms with Crippen molar-refractivity contribution in [2.24, 2.45) is 0 Å². The van der Waals surface area contributed by atoms with Crippen molar-refractivity contribution in [3.63, 3.8) is 0 Å². The molecule has 1 aromatic heterocycles. The summed E-state index contributed by atoms with van der Waals surface area (Å²) in [5, 5.41) is 0. The zero-order chi connectivity index (χ0) is 13.3.